The number of amides is 1. The van der Waals surface area contributed by atoms with Crippen LogP contribution in [0.2, 0.25) is 0 Å². The van der Waals surface area contributed by atoms with E-state index in [-0.39, 0.29) is 11.8 Å². The third kappa shape index (κ3) is 2.46. The summed E-state index contributed by atoms with van der Waals surface area (Å²) >= 11 is 1.70. The standard InChI is InChI=1S/C15H15NOS/c17-15(11-5-6-11)16-9-12-3-1-2-4-14(12)13-7-8-18-10-13/h1-4,7-8,10-11H,5-6,9H2,(H,16,17). The van der Waals surface area contributed by atoms with E-state index < -0.39 is 0 Å². The molecular weight excluding hydrogens is 242 g/mol. The smallest absolute Gasteiger partial charge is 0.223 e. The molecule has 1 heterocycles. The van der Waals surface area contributed by atoms with E-state index in [1.807, 2.05) is 12.1 Å². The highest BCUT2D eigenvalue weighted by Gasteiger charge is 2.29. The lowest BCUT2D eigenvalue weighted by molar-refractivity contribution is -0.122. The van der Waals surface area contributed by atoms with Crippen LogP contribution in [0.3, 0.4) is 0 Å². The highest BCUT2D eigenvalue weighted by Crippen LogP contribution is 2.29. The van der Waals surface area contributed by atoms with E-state index >= 15 is 0 Å². The topological polar surface area (TPSA) is 29.1 Å². The zero-order chi connectivity index (χ0) is 12.4. The average molecular weight is 257 g/mol. The molecule has 0 aliphatic heterocycles. The van der Waals surface area contributed by atoms with E-state index in [1.54, 1.807) is 11.3 Å². The summed E-state index contributed by atoms with van der Waals surface area (Å²) in [6.45, 7) is 0.626. The fraction of sp³-hybridized carbons (Fsp3) is 0.267. The summed E-state index contributed by atoms with van der Waals surface area (Å²) in [6, 6.07) is 10.4. The number of carbonyl (C=O) groups excluding carboxylic acids is 1. The maximum Gasteiger partial charge on any atom is 0.223 e. The molecule has 3 rings (SSSR count). The van der Waals surface area contributed by atoms with Gasteiger partial charge in [-0.05, 0) is 46.4 Å². The van der Waals surface area contributed by atoms with Crippen molar-refractivity contribution >= 4 is 17.2 Å². The molecule has 0 spiro atoms. The van der Waals surface area contributed by atoms with Crippen LogP contribution in [-0.2, 0) is 11.3 Å². The van der Waals surface area contributed by atoms with Gasteiger partial charge >= 0.3 is 0 Å². The Morgan fingerprint density at radius 3 is 2.83 bits per heavy atom. The van der Waals surface area contributed by atoms with Gasteiger partial charge in [0.2, 0.25) is 5.91 Å². The van der Waals surface area contributed by atoms with Crippen LogP contribution in [0.25, 0.3) is 11.1 Å². The van der Waals surface area contributed by atoms with Gasteiger partial charge in [-0.3, -0.25) is 4.79 Å². The van der Waals surface area contributed by atoms with Crippen LogP contribution in [0.1, 0.15) is 18.4 Å². The van der Waals surface area contributed by atoms with Gasteiger partial charge in [-0.1, -0.05) is 24.3 Å². The van der Waals surface area contributed by atoms with Crippen molar-refractivity contribution in [3.63, 3.8) is 0 Å². The molecule has 1 aromatic heterocycles. The first-order valence-electron chi connectivity index (χ1n) is 6.23. The van der Waals surface area contributed by atoms with Crippen molar-refractivity contribution in [1.82, 2.24) is 5.32 Å². The Bertz CT molecular complexity index is 543. The summed E-state index contributed by atoms with van der Waals surface area (Å²) in [5.74, 6) is 0.480. The van der Waals surface area contributed by atoms with Crippen LogP contribution in [0.5, 0.6) is 0 Å². The van der Waals surface area contributed by atoms with E-state index in [4.69, 9.17) is 0 Å². The van der Waals surface area contributed by atoms with Gasteiger partial charge in [0.05, 0.1) is 0 Å². The van der Waals surface area contributed by atoms with Gasteiger partial charge in [0, 0.05) is 12.5 Å². The highest BCUT2D eigenvalue weighted by atomic mass is 32.1. The molecule has 0 radical (unpaired) electrons. The average Bonchev–Trinajstić information content (AvgIpc) is 3.12. The van der Waals surface area contributed by atoms with Gasteiger partial charge in [-0.25, -0.2) is 0 Å². The minimum Gasteiger partial charge on any atom is -0.352 e. The Morgan fingerprint density at radius 2 is 2.11 bits per heavy atom. The van der Waals surface area contributed by atoms with Crippen molar-refractivity contribution in [1.29, 1.82) is 0 Å². The Labute approximate surface area is 111 Å². The lowest BCUT2D eigenvalue weighted by atomic mass is 10.0. The fourth-order valence-electron chi connectivity index (χ4n) is 2.05. The maximum absolute atomic E-state index is 11.7. The number of hydrogen-bond acceptors (Lipinski definition) is 2. The SMILES string of the molecule is O=C(NCc1ccccc1-c1ccsc1)C1CC1. The van der Waals surface area contributed by atoms with Crippen LogP contribution >= 0.6 is 11.3 Å². The molecule has 2 aromatic rings. The predicted octanol–water partition coefficient (Wildman–Crippen LogP) is 3.44. The molecule has 1 aromatic carbocycles. The molecule has 18 heavy (non-hydrogen) atoms. The fourth-order valence-corrected chi connectivity index (χ4v) is 2.70. The molecule has 92 valence electrons. The Hall–Kier alpha value is -1.61. The van der Waals surface area contributed by atoms with Crippen molar-refractivity contribution in [3.05, 3.63) is 46.7 Å². The molecular formula is C15H15NOS. The summed E-state index contributed by atoms with van der Waals surface area (Å²) in [5.41, 5.74) is 3.64. The zero-order valence-corrected chi connectivity index (χ0v) is 10.9. The molecule has 1 saturated carbocycles. The molecule has 0 saturated heterocycles. The van der Waals surface area contributed by atoms with E-state index in [0.717, 1.165) is 12.8 Å². The molecule has 1 aliphatic rings. The third-order valence-electron chi connectivity index (χ3n) is 3.25. The first-order valence-corrected chi connectivity index (χ1v) is 7.17. The van der Waals surface area contributed by atoms with E-state index in [9.17, 15) is 4.79 Å². The summed E-state index contributed by atoms with van der Waals surface area (Å²) in [7, 11) is 0. The number of hydrogen-bond donors (Lipinski definition) is 1. The van der Waals surface area contributed by atoms with Crippen LogP contribution in [0.4, 0.5) is 0 Å². The summed E-state index contributed by atoms with van der Waals surface area (Å²) in [5, 5.41) is 7.25. The summed E-state index contributed by atoms with van der Waals surface area (Å²) in [4.78, 5) is 11.7. The van der Waals surface area contributed by atoms with E-state index in [1.165, 1.54) is 16.7 Å². The lowest BCUT2D eigenvalue weighted by Crippen LogP contribution is -2.24. The molecule has 0 atom stereocenters. The Kier molecular flexibility index (Phi) is 3.15. The second-order valence-corrected chi connectivity index (χ2v) is 5.44. The Morgan fingerprint density at radius 1 is 1.28 bits per heavy atom. The number of carbonyl (C=O) groups is 1. The van der Waals surface area contributed by atoms with Crippen LogP contribution in [0.15, 0.2) is 41.1 Å². The molecule has 1 aliphatic carbocycles. The second kappa shape index (κ2) is 4.94. The predicted molar refractivity (Wildman–Crippen MR) is 74.3 cm³/mol. The van der Waals surface area contributed by atoms with Crippen molar-refractivity contribution < 1.29 is 4.79 Å². The van der Waals surface area contributed by atoms with Crippen molar-refractivity contribution in [2.45, 2.75) is 19.4 Å². The van der Waals surface area contributed by atoms with E-state index in [2.05, 4.69) is 34.3 Å². The van der Waals surface area contributed by atoms with Crippen molar-refractivity contribution in [2.75, 3.05) is 0 Å². The van der Waals surface area contributed by atoms with E-state index in [0.29, 0.717) is 6.54 Å². The van der Waals surface area contributed by atoms with Gasteiger partial charge < -0.3 is 5.32 Å². The minimum absolute atomic E-state index is 0.204. The first kappa shape index (κ1) is 11.5. The largest absolute Gasteiger partial charge is 0.352 e. The van der Waals surface area contributed by atoms with Crippen molar-refractivity contribution in [3.8, 4) is 11.1 Å². The van der Waals surface area contributed by atoms with Gasteiger partial charge in [-0.2, -0.15) is 11.3 Å². The molecule has 1 N–H and O–H groups in total. The molecule has 2 nitrogen and oxygen atoms in total. The molecule has 0 unspecified atom stereocenters. The van der Waals surface area contributed by atoms with Gasteiger partial charge in [0.1, 0.15) is 0 Å². The first-order chi connectivity index (χ1) is 8.84. The molecule has 0 bridgehead atoms. The normalized spacial score (nSPS) is 14.4. The highest BCUT2D eigenvalue weighted by molar-refractivity contribution is 7.08. The molecule has 1 amide bonds. The van der Waals surface area contributed by atoms with Crippen LogP contribution in [0, 0.1) is 5.92 Å². The lowest BCUT2D eigenvalue weighted by Gasteiger charge is -2.09. The number of thiophene rings is 1. The van der Waals surface area contributed by atoms with Crippen molar-refractivity contribution in [2.24, 2.45) is 5.92 Å². The van der Waals surface area contributed by atoms with Gasteiger partial charge in [0.25, 0.3) is 0 Å². The maximum atomic E-state index is 11.7. The second-order valence-electron chi connectivity index (χ2n) is 4.66. The quantitative estimate of drug-likeness (QED) is 0.893. The van der Waals surface area contributed by atoms with Gasteiger partial charge in [0.15, 0.2) is 0 Å². The number of nitrogens with one attached hydrogen (secondary N) is 1. The molecule has 1 fully saturated rings. The summed E-state index contributed by atoms with van der Waals surface area (Å²) in [6.07, 6.45) is 2.11. The molecule has 3 heteroatoms. The minimum atomic E-state index is 0.204. The Balaban J connectivity index is 1.76. The summed E-state index contributed by atoms with van der Waals surface area (Å²) < 4.78 is 0. The number of benzene rings is 1. The van der Waals surface area contributed by atoms with Gasteiger partial charge in [-0.15, -0.1) is 0 Å². The number of rotatable bonds is 4. The van der Waals surface area contributed by atoms with Crippen LogP contribution < -0.4 is 5.32 Å². The zero-order valence-electron chi connectivity index (χ0n) is 10.1. The monoisotopic (exact) mass is 257 g/mol. The van der Waals surface area contributed by atoms with Crippen LogP contribution in [-0.4, -0.2) is 5.91 Å². The third-order valence-corrected chi connectivity index (χ3v) is 3.93.